The lowest BCUT2D eigenvalue weighted by Crippen LogP contribution is -2.33. The number of allylic oxidation sites excluding steroid dienone is 3. The van der Waals surface area contributed by atoms with Gasteiger partial charge in [-0.1, -0.05) is 59.1 Å². The lowest BCUT2D eigenvalue weighted by atomic mass is 9.75. The molecule has 0 aromatic rings. The molecule has 0 bridgehead atoms. The molecule has 0 spiro atoms. The molecular weight excluding hydrogens is 232 g/mol. The fraction of sp³-hybridized carbons (Fsp3) is 0.778. The molecule has 1 heteroatoms. The summed E-state index contributed by atoms with van der Waals surface area (Å²) in [7, 11) is 0. The first-order chi connectivity index (χ1) is 9.15. The third-order valence-electron chi connectivity index (χ3n) is 4.26. The molecule has 0 saturated heterocycles. The summed E-state index contributed by atoms with van der Waals surface area (Å²) in [4.78, 5) is 0. The first-order valence-corrected chi connectivity index (χ1v) is 8.12. The summed E-state index contributed by atoms with van der Waals surface area (Å²) in [6.45, 7) is 9.22. The van der Waals surface area contributed by atoms with Crippen LogP contribution in [0.2, 0.25) is 0 Å². The van der Waals surface area contributed by atoms with E-state index in [0.29, 0.717) is 6.10 Å². The van der Waals surface area contributed by atoms with E-state index >= 15 is 0 Å². The standard InChI is InChI=1S/C18H32O/c1-5-6-7-8-9-10-13-19-18-14-16(4)11-12-17(18)15(2)3/h8-10,13,15-18H,5-7,11-12,14H2,1-4H3/b9-8-,13-10+/t16-,17+,18-/m0/s1. The van der Waals surface area contributed by atoms with Crippen LogP contribution < -0.4 is 0 Å². The van der Waals surface area contributed by atoms with Crippen molar-refractivity contribution in [2.24, 2.45) is 17.8 Å². The maximum absolute atomic E-state index is 6.00. The van der Waals surface area contributed by atoms with Crippen molar-refractivity contribution in [1.29, 1.82) is 0 Å². The molecule has 0 radical (unpaired) electrons. The van der Waals surface area contributed by atoms with Gasteiger partial charge in [0.2, 0.25) is 0 Å². The van der Waals surface area contributed by atoms with Gasteiger partial charge in [0, 0.05) is 0 Å². The highest BCUT2D eigenvalue weighted by atomic mass is 16.5. The Kier molecular flexibility index (Phi) is 7.93. The summed E-state index contributed by atoms with van der Waals surface area (Å²) < 4.78 is 6.00. The second-order valence-electron chi connectivity index (χ2n) is 6.40. The SMILES string of the molecule is CCCC/C=C\C=C\O[C@H]1C[C@@H](C)CC[C@@H]1C(C)C. The molecule has 1 saturated carbocycles. The number of unbranched alkanes of at least 4 members (excludes halogenated alkanes) is 2. The van der Waals surface area contributed by atoms with Gasteiger partial charge >= 0.3 is 0 Å². The minimum absolute atomic E-state index is 0.420. The lowest BCUT2D eigenvalue weighted by molar-refractivity contribution is 0.0136. The van der Waals surface area contributed by atoms with Crippen molar-refractivity contribution in [3.63, 3.8) is 0 Å². The molecule has 0 amide bonds. The number of rotatable bonds is 7. The Balaban J connectivity index is 2.35. The fourth-order valence-electron chi connectivity index (χ4n) is 2.96. The van der Waals surface area contributed by atoms with Crippen molar-refractivity contribution in [2.75, 3.05) is 0 Å². The molecule has 1 aliphatic rings. The summed E-state index contributed by atoms with van der Waals surface area (Å²) >= 11 is 0. The molecule has 0 unspecified atom stereocenters. The van der Waals surface area contributed by atoms with Gasteiger partial charge in [0.15, 0.2) is 0 Å². The molecular formula is C18H32O. The minimum Gasteiger partial charge on any atom is -0.498 e. The Hall–Kier alpha value is -0.720. The molecule has 1 nitrogen and oxygen atoms in total. The first kappa shape index (κ1) is 16.3. The highest BCUT2D eigenvalue weighted by molar-refractivity contribution is 5.00. The van der Waals surface area contributed by atoms with Crippen LogP contribution in [0.15, 0.2) is 24.5 Å². The van der Waals surface area contributed by atoms with Gasteiger partial charge in [-0.15, -0.1) is 0 Å². The van der Waals surface area contributed by atoms with Crippen LogP contribution in [-0.4, -0.2) is 6.10 Å². The number of hydrogen-bond acceptors (Lipinski definition) is 1. The van der Waals surface area contributed by atoms with E-state index < -0.39 is 0 Å². The maximum atomic E-state index is 6.00. The zero-order chi connectivity index (χ0) is 14.1. The van der Waals surface area contributed by atoms with Gasteiger partial charge in [0.05, 0.1) is 6.26 Å². The van der Waals surface area contributed by atoms with Crippen LogP contribution in [0.25, 0.3) is 0 Å². The molecule has 110 valence electrons. The molecule has 0 aromatic carbocycles. The van der Waals surface area contributed by atoms with E-state index in [1.54, 1.807) is 0 Å². The molecule has 0 aromatic heterocycles. The van der Waals surface area contributed by atoms with Gasteiger partial charge in [-0.05, 0) is 43.1 Å². The quantitative estimate of drug-likeness (QED) is 0.324. The Morgan fingerprint density at radius 3 is 2.68 bits per heavy atom. The molecule has 3 atom stereocenters. The van der Waals surface area contributed by atoms with Crippen LogP contribution in [0.1, 0.15) is 66.2 Å². The number of hydrogen-bond donors (Lipinski definition) is 0. The van der Waals surface area contributed by atoms with Crippen LogP contribution in [-0.2, 0) is 4.74 Å². The van der Waals surface area contributed by atoms with E-state index in [9.17, 15) is 0 Å². The monoisotopic (exact) mass is 264 g/mol. The Morgan fingerprint density at radius 2 is 2.00 bits per heavy atom. The zero-order valence-corrected chi connectivity index (χ0v) is 13.3. The summed E-state index contributed by atoms with van der Waals surface area (Å²) in [6, 6.07) is 0. The van der Waals surface area contributed by atoms with Crippen molar-refractivity contribution >= 4 is 0 Å². The summed E-state index contributed by atoms with van der Waals surface area (Å²) in [6.07, 6.45) is 16.3. The molecule has 19 heavy (non-hydrogen) atoms. The van der Waals surface area contributed by atoms with E-state index in [4.69, 9.17) is 4.74 Å². The van der Waals surface area contributed by atoms with Gasteiger partial charge in [0.25, 0.3) is 0 Å². The molecule has 1 rings (SSSR count). The fourth-order valence-corrected chi connectivity index (χ4v) is 2.96. The molecule has 0 N–H and O–H groups in total. The van der Waals surface area contributed by atoms with E-state index in [-0.39, 0.29) is 0 Å². The highest BCUT2D eigenvalue weighted by Gasteiger charge is 2.31. The molecule has 1 fully saturated rings. The first-order valence-electron chi connectivity index (χ1n) is 8.12. The molecule has 0 heterocycles. The van der Waals surface area contributed by atoms with E-state index in [0.717, 1.165) is 17.8 Å². The third kappa shape index (κ3) is 6.31. The van der Waals surface area contributed by atoms with Crippen LogP contribution in [0.4, 0.5) is 0 Å². The zero-order valence-electron chi connectivity index (χ0n) is 13.3. The van der Waals surface area contributed by atoms with E-state index in [2.05, 4.69) is 39.8 Å². The highest BCUT2D eigenvalue weighted by Crippen LogP contribution is 2.35. The van der Waals surface area contributed by atoms with Gasteiger partial charge in [-0.3, -0.25) is 0 Å². The Bertz CT molecular complexity index is 277. The van der Waals surface area contributed by atoms with Crippen LogP contribution in [0.5, 0.6) is 0 Å². The van der Waals surface area contributed by atoms with Crippen molar-refractivity contribution in [3.05, 3.63) is 24.5 Å². The van der Waals surface area contributed by atoms with E-state index in [1.165, 1.54) is 38.5 Å². The van der Waals surface area contributed by atoms with E-state index in [1.807, 2.05) is 12.3 Å². The average Bonchev–Trinajstić information content (AvgIpc) is 2.37. The van der Waals surface area contributed by atoms with Crippen LogP contribution in [0.3, 0.4) is 0 Å². The number of ether oxygens (including phenoxy) is 1. The molecule has 0 aliphatic heterocycles. The second kappa shape index (κ2) is 9.23. The van der Waals surface area contributed by atoms with Gasteiger partial charge in [-0.25, -0.2) is 0 Å². The van der Waals surface area contributed by atoms with Gasteiger partial charge in [0.1, 0.15) is 6.10 Å². The van der Waals surface area contributed by atoms with Crippen molar-refractivity contribution in [3.8, 4) is 0 Å². The predicted molar refractivity (Wildman–Crippen MR) is 84.0 cm³/mol. The maximum Gasteiger partial charge on any atom is 0.101 e. The lowest BCUT2D eigenvalue weighted by Gasteiger charge is -2.36. The van der Waals surface area contributed by atoms with Crippen LogP contribution in [0, 0.1) is 17.8 Å². The summed E-state index contributed by atoms with van der Waals surface area (Å²) in [5.41, 5.74) is 0. The van der Waals surface area contributed by atoms with Gasteiger partial charge in [-0.2, -0.15) is 0 Å². The van der Waals surface area contributed by atoms with Gasteiger partial charge < -0.3 is 4.74 Å². The molecule has 1 aliphatic carbocycles. The summed E-state index contributed by atoms with van der Waals surface area (Å²) in [5, 5.41) is 0. The average molecular weight is 264 g/mol. The van der Waals surface area contributed by atoms with Crippen molar-refractivity contribution in [1.82, 2.24) is 0 Å². The Morgan fingerprint density at radius 1 is 1.21 bits per heavy atom. The van der Waals surface area contributed by atoms with Crippen LogP contribution >= 0.6 is 0 Å². The topological polar surface area (TPSA) is 9.23 Å². The minimum atomic E-state index is 0.420. The normalized spacial score (nSPS) is 28.6. The largest absolute Gasteiger partial charge is 0.498 e. The smallest absolute Gasteiger partial charge is 0.101 e. The summed E-state index contributed by atoms with van der Waals surface area (Å²) in [5.74, 6) is 2.27. The predicted octanol–water partition coefficient (Wildman–Crippen LogP) is 5.72. The van der Waals surface area contributed by atoms with Crippen molar-refractivity contribution in [2.45, 2.75) is 72.3 Å². The third-order valence-corrected chi connectivity index (χ3v) is 4.26. The Labute approximate surface area is 120 Å². The van der Waals surface area contributed by atoms with Crippen molar-refractivity contribution < 1.29 is 4.74 Å². The second-order valence-corrected chi connectivity index (χ2v) is 6.40.